The Morgan fingerprint density at radius 3 is 2.46 bits per heavy atom. The average Bonchev–Trinajstić information content (AvgIpc) is 2.88. The van der Waals surface area contributed by atoms with Crippen molar-refractivity contribution in [3.05, 3.63) is 35.9 Å². The van der Waals surface area contributed by atoms with Gasteiger partial charge in [-0.15, -0.1) is 5.92 Å². The molecule has 4 heteroatoms. The Bertz CT molecular complexity index is 644. The van der Waals surface area contributed by atoms with E-state index in [0.717, 1.165) is 31.2 Å². The molecule has 0 N–H and O–H groups in total. The molecule has 2 bridgehead atoms. The smallest absolute Gasteiger partial charge is 0.410 e. The van der Waals surface area contributed by atoms with E-state index in [4.69, 9.17) is 4.74 Å². The number of Topliss-reactive ketones (excluding diaryl/α,β-unsaturated/α-hetero) is 1. The van der Waals surface area contributed by atoms with Crippen LogP contribution >= 0.6 is 0 Å². The van der Waals surface area contributed by atoms with Gasteiger partial charge >= 0.3 is 6.09 Å². The van der Waals surface area contributed by atoms with Gasteiger partial charge in [0, 0.05) is 18.0 Å². The van der Waals surface area contributed by atoms with Gasteiger partial charge in [-0.1, -0.05) is 36.3 Å². The van der Waals surface area contributed by atoms with Gasteiger partial charge in [0.25, 0.3) is 0 Å². The number of hydrogen-bond donors (Lipinski definition) is 0. The van der Waals surface area contributed by atoms with E-state index in [0.29, 0.717) is 13.0 Å². The summed E-state index contributed by atoms with van der Waals surface area (Å²) in [6.45, 7) is 2.05. The van der Waals surface area contributed by atoms with Crippen LogP contribution in [0.3, 0.4) is 0 Å². The quantitative estimate of drug-likeness (QED) is 0.795. The fourth-order valence-electron chi connectivity index (χ4n) is 3.85. The summed E-state index contributed by atoms with van der Waals surface area (Å²) in [5, 5.41) is 0. The number of benzene rings is 1. The van der Waals surface area contributed by atoms with Gasteiger partial charge in [-0.3, -0.25) is 4.79 Å². The lowest BCUT2D eigenvalue weighted by molar-refractivity contribution is -0.124. The molecule has 4 nitrogen and oxygen atoms in total. The van der Waals surface area contributed by atoms with Crippen LogP contribution in [0.15, 0.2) is 30.3 Å². The molecule has 2 aliphatic rings. The van der Waals surface area contributed by atoms with Crippen molar-refractivity contribution in [3.63, 3.8) is 0 Å². The van der Waals surface area contributed by atoms with E-state index in [-0.39, 0.29) is 29.9 Å². The second-order valence-corrected chi connectivity index (χ2v) is 6.57. The van der Waals surface area contributed by atoms with E-state index in [1.807, 2.05) is 35.2 Å². The predicted octanol–water partition coefficient (Wildman–Crippen LogP) is 3.55. The number of hydrogen-bond acceptors (Lipinski definition) is 3. The number of fused-ring (bicyclic) bond motifs is 2. The van der Waals surface area contributed by atoms with Crippen LogP contribution in [0.5, 0.6) is 0 Å². The molecule has 2 heterocycles. The normalized spacial score (nSPS) is 24.9. The Kier molecular flexibility index (Phi) is 5.20. The largest absolute Gasteiger partial charge is 0.445 e. The summed E-state index contributed by atoms with van der Waals surface area (Å²) >= 11 is 0. The maximum Gasteiger partial charge on any atom is 0.410 e. The molecular formula is C20H23NO3. The average molecular weight is 325 g/mol. The second kappa shape index (κ2) is 7.53. The van der Waals surface area contributed by atoms with E-state index in [1.54, 1.807) is 6.92 Å². The van der Waals surface area contributed by atoms with Crippen molar-refractivity contribution in [2.75, 3.05) is 0 Å². The molecule has 0 saturated carbocycles. The molecule has 1 aromatic carbocycles. The first-order chi connectivity index (χ1) is 11.7. The van der Waals surface area contributed by atoms with Crippen molar-refractivity contribution in [2.45, 2.75) is 57.7 Å². The van der Waals surface area contributed by atoms with Crippen molar-refractivity contribution >= 4 is 11.9 Å². The molecule has 24 heavy (non-hydrogen) atoms. The summed E-state index contributed by atoms with van der Waals surface area (Å²) in [5.74, 6) is 5.91. The van der Waals surface area contributed by atoms with Crippen molar-refractivity contribution in [1.82, 2.24) is 4.90 Å². The fraction of sp³-hybridized carbons (Fsp3) is 0.500. The van der Waals surface area contributed by atoms with Crippen LogP contribution in [-0.4, -0.2) is 28.9 Å². The lowest BCUT2D eigenvalue weighted by Gasteiger charge is -2.37. The van der Waals surface area contributed by atoms with Crippen molar-refractivity contribution in [1.29, 1.82) is 0 Å². The molecule has 1 amide bonds. The third-order valence-electron chi connectivity index (χ3n) is 5.04. The molecule has 2 saturated heterocycles. The monoisotopic (exact) mass is 325 g/mol. The minimum atomic E-state index is -0.245. The first-order valence-corrected chi connectivity index (χ1v) is 8.60. The van der Waals surface area contributed by atoms with Gasteiger partial charge < -0.3 is 9.64 Å². The predicted molar refractivity (Wildman–Crippen MR) is 91.1 cm³/mol. The van der Waals surface area contributed by atoms with Crippen LogP contribution in [0.2, 0.25) is 0 Å². The van der Waals surface area contributed by atoms with Crippen molar-refractivity contribution in [3.8, 4) is 11.8 Å². The number of ketones is 1. The summed E-state index contributed by atoms with van der Waals surface area (Å²) in [7, 11) is 0. The third kappa shape index (κ3) is 3.62. The van der Waals surface area contributed by atoms with Crippen LogP contribution < -0.4 is 0 Å². The highest BCUT2D eigenvalue weighted by molar-refractivity contribution is 5.84. The Labute approximate surface area is 143 Å². The SMILES string of the molecule is CC#CCC(=O)C1CC2CCC(C1)N2C(=O)OCc1ccccc1. The first-order valence-electron chi connectivity index (χ1n) is 8.60. The highest BCUT2D eigenvalue weighted by Crippen LogP contribution is 2.39. The highest BCUT2D eigenvalue weighted by atomic mass is 16.6. The molecule has 3 rings (SSSR count). The molecule has 1 aromatic rings. The van der Waals surface area contributed by atoms with Gasteiger partial charge in [0.05, 0.1) is 6.42 Å². The summed E-state index contributed by atoms with van der Waals surface area (Å²) < 4.78 is 5.49. The number of carbonyl (C=O) groups is 2. The van der Waals surface area contributed by atoms with Gasteiger partial charge in [-0.25, -0.2) is 4.79 Å². The molecule has 0 aliphatic carbocycles. The topological polar surface area (TPSA) is 46.6 Å². The molecule has 2 fully saturated rings. The molecule has 0 radical (unpaired) electrons. The maximum atomic E-state index is 12.5. The number of rotatable bonds is 4. The van der Waals surface area contributed by atoms with Gasteiger partial charge in [0.1, 0.15) is 12.4 Å². The first kappa shape index (κ1) is 16.6. The summed E-state index contributed by atoms with van der Waals surface area (Å²) in [6, 6.07) is 9.97. The van der Waals surface area contributed by atoms with E-state index in [9.17, 15) is 9.59 Å². The number of nitrogens with zero attached hydrogens (tertiary/aromatic N) is 1. The lowest BCUT2D eigenvalue weighted by atomic mass is 9.86. The van der Waals surface area contributed by atoms with Crippen molar-refractivity contribution in [2.24, 2.45) is 5.92 Å². The molecule has 0 aromatic heterocycles. The summed E-state index contributed by atoms with van der Waals surface area (Å²) in [5.41, 5.74) is 0.987. The van der Waals surface area contributed by atoms with E-state index in [2.05, 4.69) is 11.8 Å². The zero-order valence-corrected chi connectivity index (χ0v) is 14.0. The summed E-state index contributed by atoms with van der Waals surface area (Å²) in [6.07, 6.45) is 3.52. The minimum absolute atomic E-state index is 0.0431. The van der Waals surface area contributed by atoms with E-state index < -0.39 is 0 Å². The third-order valence-corrected chi connectivity index (χ3v) is 5.04. The Hall–Kier alpha value is -2.28. The Balaban J connectivity index is 1.57. The minimum Gasteiger partial charge on any atom is -0.445 e. The number of ether oxygens (including phenoxy) is 1. The van der Waals surface area contributed by atoms with Crippen LogP contribution in [0.1, 0.15) is 44.6 Å². The standard InChI is InChI=1S/C20H23NO3/c1-2-3-9-19(22)16-12-17-10-11-18(13-16)21(17)20(23)24-14-15-7-5-4-6-8-15/h4-8,16-18H,9-14H2,1H3. The van der Waals surface area contributed by atoms with Crippen LogP contribution in [0.4, 0.5) is 4.79 Å². The van der Waals surface area contributed by atoms with Gasteiger partial charge in [0.15, 0.2) is 0 Å². The molecular weight excluding hydrogens is 302 g/mol. The second-order valence-electron chi connectivity index (χ2n) is 6.57. The highest BCUT2D eigenvalue weighted by Gasteiger charge is 2.45. The summed E-state index contributed by atoms with van der Waals surface area (Å²) in [4.78, 5) is 26.6. The number of amides is 1. The Morgan fingerprint density at radius 2 is 1.83 bits per heavy atom. The van der Waals surface area contributed by atoms with E-state index in [1.165, 1.54) is 0 Å². The van der Waals surface area contributed by atoms with Crippen LogP contribution in [0.25, 0.3) is 0 Å². The molecule has 2 unspecified atom stereocenters. The van der Waals surface area contributed by atoms with Crippen LogP contribution in [-0.2, 0) is 16.1 Å². The van der Waals surface area contributed by atoms with E-state index >= 15 is 0 Å². The molecule has 2 atom stereocenters. The maximum absolute atomic E-state index is 12.5. The molecule has 126 valence electrons. The molecule has 0 spiro atoms. The fourth-order valence-corrected chi connectivity index (χ4v) is 3.85. The van der Waals surface area contributed by atoms with Crippen molar-refractivity contribution < 1.29 is 14.3 Å². The van der Waals surface area contributed by atoms with Gasteiger partial charge in [-0.05, 0) is 38.2 Å². The number of piperidine rings is 1. The van der Waals surface area contributed by atoms with Gasteiger partial charge in [0.2, 0.25) is 0 Å². The zero-order valence-electron chi connectivity index (χ0n) is 14.0. The van der Waals surface area contributed by atoms with Crippen LogP contribution in [0, 0.1) is 17.8 Å². The zero-order chi connectivity index (χ0) is 16.9. The number of carbonyl (C=O) groups excluding carboxylic acids is 2. The lowest BCUT2D eigenvalue weighted by Crippen LogP contribution is -2.48. The molecule has 2 aliphatic heterocycles. The van der Waals surface area contributed by atoms with Gasteiger partial charge in [-0.2, -0.15) is 0 Å². The Morgan fingerprint density at radius 1 is 1.17 bits per heavy atom.